The number of rotatable bonds is 3. The number of hydrogen-bond acceptors (Lipinski definition) is 6. The second kappa shape index (κ2) is 7.01. The van der Waals surface area contributed by atoms with E-state index in [4.69, 9.17) is 5.26 Å². The van der Waals surface area contributed by atoms with Crippen LogP contribution in [0.4, 0.5) is 0 Å². The van der Waals surface area contributed by atoms with Gasteiger partial charge >= 0.3 is 0 Å². The Labute approximate surface area is 141 Å². The molecule has 2 N–H and O–H groups in total. The number of hydrogen-bond donors (Lipinski definition) is 2. The summed E-state index contributed by atoms with van der Waals surface area (Å²) in [6.07, 6.45) is 1.44. The predicted octanol–water partition coefficient (Wildman–Crippen LogP) is 0.609. The monoisotopic (exact) mass is 333 g/mol. The number of nitrogens with one attached hydrogen (secondary N) is 2. The van der Waals surface area contributed by atoms with Crippen molar-refractivity contribution in [2.24, 2.45) is 0 Å². The molecule has 9 heteroatoms. The van der Waals surface area contributed by atoms with Gasteiger partial charge in [-0.15, -0.1) is 5.10 Å². The Morgan fingerprint density at radius 1 is 1.00 bits per heavy atom. The fourth-order valence-electron chi connectivity index (χ4n) is 2.03. The summed E-state index contributed by atoms with van der Waals surface area (Å²) in [6.45, 7) is 0. The molecule has 2 amide bonds. The molecule has 0 spiro atoms. The molecule has 122 valence electrons. The van der Waals surface area contributed by atoms with Crippen molar-refractivity contribution < 1.29 is 9.59 Å². The maximum atomic E-state index is 12.1. The largest absolute Gasteiger partial charge is 0.269 e. The summed E-state index contributed by atoms with van der Waals surface area (Å²) < 4.78 is 1.45. The average molecular weight is 333 g/mol. The highest BCUT2D eigenvalue weighted by molar-refractivity contribution is 5.99. The van der Waals surface area contributed by atoms with Crippen molar-refractivity contribution in [1.82, 2.24) is 31.1 Å². The molecule has 0 fully saturated rings. The summed E-state index contributed by atoms with van der Waals surface area (Å²) in [5.74, 6) is -0.996. The van der Waals surface area contributed by atoms with Gasteiger partial charge in [-0.2, -0.15) is 5.26 Å². The number of carbonyl (C=O) groups excluding carboxylic acids is 2. The van der Waals surface area contributed by atoms with Crippen molar-refractivity contribution in [3.8, 4) is 11.8 Å². The number of nitriles is 1. The molecule has 0 unspecified atom stereocenters. The minimum absolute atomic E-state index is 0.272. The first kappa shape index (κ1) is 15.8. The molecule has 0 bridgehead atoms. The Morgan fingerprint density at radius 3 is 2.36 bits per heavy atom. The first-order valence-electron chi connectivity index (χ1n) is 7.11. The van der Waals surface area contributed by atoms with Crippen LogP contribution in [0.2, 0.25) is 0 Å². The van der Waals surface area contributed by atoms with Gasteiger partial charge in [0, 0.05) is 11.1 Å². The second-order valence-corrected chi connectivity index (χ2v) is 4.90. The van der Waals surface area contributed by atoms with Gasteiger partial charge in [0.15, 0.2) is 0 Å². The third-order valence-electron chi connectivity index (χ3n) is 3.29. The minimum Gasteiger partial charge on any atom is -0.267 e. The quantitative estimate of drug-likeness (QED) is 0.676. The Hall–Kier alpha value is -4.06. The number of tetrazole rings is 1. The van der Waals surface area contributed by atoms with E-state index in [-0.39, 0.29) is 5.56 Å². The van der Waals surface area contributed by atoms with E-state index in [9.17, 15) is 9.59 Å². The lowest BCUT2D eigenvalue weighted by Gasteiger charge is -2.08. The number of hydrazine groups is 1. The highest BCUT2D eigenvalue weighted by atomic mass is 16.2. The van der Waals surface area contributed by atoms with Crippen molar-refractivity contribution >= 4 is 11.8 Å². The fourth-order valence-corrected chi connectivity index (χ4v) is 2.03. The SMILES string of the molecule is N#Cc1cccc(C(=O)NNC(=O)c2ccc(-n3cnnn3)cc2)c1. The maximum absolute atomic E-state index is 12.1. The number of amides is 2. The molecule has 0 radical (unpaired) electrons. The Morgan fingerprint density at radius 2 is 1.72 bits per heavy atom. The lowest BCUT2D eigenvalue weighted by atomic mass is 10.1. The van der Waals surface area contributed by atoms with Gasteiger partial charge in [-0.25, -0.2) is 4.68 Å². The molecule has 0 aliphatic carbocycles. The maximum Gasteiger partial charge on any atom is 0.269 e. The van der Waals surface area contributed by atoms with Crippen LogP contribution in [0.3, 0.4) is 0 Å². The van der Waals surface area contributed by atoms with E-state index >= 15 is 0 Å². The van der Waals surface area contributed by atoms with Gasteiger partial charge in [0.2, 0.25) is 0 Å². The normalized spacial score (nSPS) is 9.88. The van der Waals surface area contributed by atoms with Crippen LogP contribution < -0.4 is 10.9 Å². The predicted molar refractivity (Wildman–Crippen MR) is 85.2 cm³/mol. The van der Waals surface area contributed by atoms with E-state index in [1.807, 2.05) is 6.07 Å². The van der Waals surface area contributed by atoms with Gasteiger partial charge in [0.25, 0.3) is 11.8 Å². The van der Waals surface area contributed by atoms with Gasteiger partial charge in [0.1, 0.15) is 6.33 Å². The number of aromatic nitrogens is 4. The lowest BCUT2D eigenvalue weighted by Crippen LogP contribution is -2.41. The van der Waals surface area contributed by atoms with Gasteiger partial charge in [-0.1, -0.05) is 6.07 Å². The topological polar surface area (TPSA) is 126 Å². The smallest absolute Gasteiger partial charge is 0.267 e. The third-order valence-corrected chi connectivity index (χ3v) is 3.29. The van der Waals surface area contributed by atoms with E-state index in [1.54, 1.807) is 42.5 Å². The molecule has 0 aliphatic heterocycles. The average Bonchev–Trinajstić information content (AvgIpc) is 3.20. The molecule has 0 saturated carbocycles. The van der Waals surface area contributed by atoms with Gasteiger partial charge in [-0.05, 0) is 52.9 Å². The molecular formula is C16H11N7O2. The lowest BCUT2D eigenvalue weighted by molar-refractivity contribution is 0.0846. The van der Waals surface area contributed by atoms with Crippen molar-refractivity contribution in [1.29, 1.82) is 5.26 Å². The highest BCUT2D eigenvalue weighted by Crippen LogP contribution is 2.08. The van der Waals surface area contributed by atoms with Crippen LogP contribution in [-0.4, -0.2) is 32.0 Å². The van der Waals surface area contributed by atoms with Crippen LogP contribution >= 0.6 is 0 Å². The van der Waals surface area contributed by atoms with Crippen LogP contribution in [0.5, 0.6) is 0 Å². The van der Waals surface area contributed by atoms with E-state index in [1.165, 1.54) is 17.1 Å². The highest BCUT2D eigenvalue weighted by Gasteiger charge is 2.10. The second-order valence-electron chi connectivity index (χ2n) is 4.90. The summed E-state index contributed by atoms with van der Waals surface area (Å²) >= 11 is 0. The molecule has 25 heavy (non-hydrogen) atoms. The first-order valence-corrected chi connectivity index (χ1v) is 7.11. The van der Waals surface area contributed by atoms with Crippen LogP contribution in [0.25, 0.3) is 5.69 Å². The number of benzene rings is 2. The number of carbonyl (C=O) groups is 2. The van der Waals surface area contributed by atoms with E-state index < -0.39 is 11.8 Å². The summed E-state index contributed by atoms with van der Waals surface area (Å²) in [5, 5.41) is 19.6. The van der Waals surface area contributed by atoms with Gasteiger partial charge < -0.3 is 0 Å². The summed E-state index contributed by atoms with van der Waals surface area (Å²) in [4.78, 5) is 24.1. The molecule has 2 aromatic carbocycles. The van der Waals surface area contributed by atoms with Crippen molar-refractivity contribution in [3.05, 3.63) is 71.5 Å². The molecule has 1 heterocycles. The van der Waals surface area contributed by atoms with Crippen LogP contribution in [0.1, 0.15) is 26.3 Å². The van der Waals surface area contributed by atoms with Crippen molar-refractivity contribution in [3.63, 3.8) is 0 Å². The van der Waals surface area contributed by atoms with E-state index in [2.05, 4.69) is 26.4 Å². The third kappa shape index (κ3) is 3.65. The molecule has 9 nitrogen and oxygen atoms in total. The Kier molecular flexibility index (Phi) is 4.44. The minimum atomic E-state index is -0.518. The van der Waals surface area contributed by atoms with Crippen LogP contribution in [-0.2, 0) is 0 Å². The molecule has 0 atom stereocenters. The van der Waals surface area contributed by atoms with Crippen molar-refractivity contribution in [2.45, 2.75) is 0 Å². The van der Waals surface area contributed by atoms with Crippen LogP contribution in [0, 0.1) is 11.3 Å². The Balaban J connectivity index is 1.62. The summed E-state index contributed by atoms with van der Waals surface area (Å²) in [5.41, 5.74) is 6.30. The molecule has 3 rings (SSSR count). The van der Waals surface area contributed by atoms with Gasteiger partial charge in [0.05, 0.1) is 17.3 Å². The summed E-state index contributed by atoms with van der Waals surface area (Å²) in [6, 6.07) is 14.6. The zero-order valence-electron chi connectivity index (χ0n) is 12.7. The summed E-state index contributed by atoms with van der Waals surface area (Å²) in [7, 11) is 0. The molecule has 0 aliphatic rings. The molecule has 0 saturated heterocycles. The number of nitrogens with zero attached hydrogens (tertiary/aromatic N) is 5. The fraction of sp³-hybridized carbons (Fsp3) is 0. The first-order chi connectivity index (χ1) is 12.2. The standard InChI is InChI=1S/C16H11N7O2/c17-9-11-2-1-3-13(8-11)16(25)20-19-15(24)12-4-6-14(7-5-12)23-10-18-21-22-23/h1-8,10H,(H,19,24)(H,20,25). The van der Waals surface area contributed by atoms with Gasteiger partial charge in [-0.3, -0.25) is 20.4 Å². The molecule has 1 aromatic heterocycles. The molecular weight excluding hydrogens is 322 g/mol. The van der Waals surface area contributed by atoms with Crippen molar-refractivity contribution in [2.75, 3.05) is 0 Å². The van der Waals surface area contributed by atoms with E-state index in [0.29, 0.717) is 16.8 Å². The van der Waals surface area contributed by atoms with E-state index in [0.717, 1.165) is 0 Å². The molecule has 3 aromatic rings. The van der Waals surface area contributed by atoms with Crippen LogP contribution in [0.15, 0.2) is 54.9 Å². The zero-order valence-corrected chi connectivity index (χ0v) is 12.7. The Bertz CT molecular complexity index is 943. The zero-order chi connectivity index (χ0) is 17.6.